The van der Waals surface area contributed by atoms with Crippen molar-refractivity contribution in [1.29, 1.82) is 0 Å². The van der Waals surface area contributed by atoms with E-state index in [1.165, 1.54) is 13.2 Å². The Morgan fingerprint density at radius 1 is 1.00 bits per heavy atom. The van der Waals surface area contributed by atoms with Crippen LogP contribution in [0.15, 0.2) is 109 Å². The standard InChI is InChI=1S/C33H40N4O5S2/c1-4-21-34-44(39,40)35-24-30(36-41-3)31-23-29(25-37(31)32(38)42-22-5-2)43-33(26-15-9-6-10-16-26,27-17-11-7-12-18-27)28-19-13-8-14-20-28/h5-20,29,31,34-35H,2,4,21-25H2,1,3H3/b36-30+/t29-,31-/m0/s1. The average molecular weight is 637 g/mol. The van der Waals surface area contributed by atoms with E-state index in [-0.39, 0.29) is 18.4 Å². The smallest absolute Gasteiger partial charge is 0.410 e. The first-order valence-electron chi connectivity index (χ1n) is 14.6. The minimum atomic E-state index is -3.78. The summed E-state index contributed by atoms with van der Waals surface area (Å²) in [6, 6.07) is 30.4. The number of benzene rings is 3. The molecule has 4 rings (SSSR count). The Morgan fingerprint density at radius 3 is 2.02 bits per heavy atom. The second kappa shape index (κ2) is 15.9. The molecular formula is C33H40N4O5S2. The van der Waals surface area contributed by atoms with Crippen LogP contribution in [0, 0.1) is 0 Å². The molecule has 2 atom stereocenters. The van der Waals surface area contributed by atoms with Gasteiger partial charge in [-0.2, -0.15) is 13.1 Å². The summed E-state index contributed by atoms with van der Waals surface area (Å²) in [5.41, 5.74) is 3.68. The molecule has 0 saturated carbocycles. The number of carbonyl (C=O) groups excluding carboxylic acids is 1. The van der Waals surface area contributed by atoms with Gasteiger partial charge in [0.05, 0.1) is 23.0 Å². The van der Waals surface area contributed by atoms with Gasteiger partial charge in [-0.15, -0.1) is 11.8 Å². The van der Waals surface area contributed by atoms with Crippen molar-refractivity contribution in [3.05, 3.63) is 120 Å². The number of likely N-dealkylation sites (tertiary alicyclic amines) is 1. The number of hydrogen-bond donors (Lipinski definition) is 2. The molecule has 0 spiro atoms. The van der Waals surface area contributed by atoms with E-state index in [9.17, 15) is 13.2 Å². The van der Waals surface area contributed by atoms with Crippen LogP contribution >= 0.6 is 11.8 Å². The van der Waals surface area contributed by atoms with Crippen molar-refractivity contribution in [2.45, 2.75) is 35.8 Å². The van der Waals surface area contributed by atoms with E-state index in [2.05, 4.69) is 57.6 Å². The number of carbonyl (C=O) groups is 1. The maximum atomic E-state index is 13.4. The largest absolute Gasteiger partial charge is 0.445 e. The highest BCUT2D eigenvalue weighted by Gasteiger charge is 2.46. The molecule has 1 fully saturated rings. The summed E-state index contributed by atoms with van der Waals surface area (Å²) in [6.07, 6.45) is 2.13. The lowest BCUT2D eigenvalue weighted by molar-refractivity contribution is 0.115. The second-order valence-electron chi connectivity index (χ2n) is 10.3. The van der Waals surface area contributed by atoms with Crippen molar-refractivity contribution in [2.75, 3.05) is 33.4 Å². The monoisotopic (exact) mass is 636 g/mol. The summed E-state index contributed by atoms with van der Waals surface area (Å²) in [6.45, 7) is 6.10. The predicted molar refractivity (Wildman–Crippen MR) is 177 cm³/mol. The number of hydrogen-bond acceptors (Lipinski definition) is 7. The van der Waals surface area contributed by atoms with E-state index in [1.54, 1.807) is 16.7 Å². The maximum absolute atomic E-state index is 13.4. The molecule has 44 heavy (non-hydrogen) atoms. The van der Waals surface area contributed by atoms with Gasteiger partial charge in [-0.1, -0.05) is 116 Å². The Balaban J connectivity index is 1.75. The van der Waals surface area contributed by atoms with Gasteiger partial charge in [0, 0.05) is 18.3 Å². The van der Waals surface area contributed by atoms with Crippen LogP contribution in [0.5, 0.6) is 0 Å². The zero-order chi connectivity index (χ0) is 31.4. The van der Waals surface area contributed by atoms with E-state index in [0.29, 0.717) is 31.6 Å². The Bertz CT molecular complexity index is 1390. The maximum Gasteiger partial charge on any atom is 0.410 e. The van der Waals surface area contributed by atoms with E-state index < -0.39 is 27.1 Å². The molecule has 0 unspecified atom stereocenters. The van der Waals surface area contributed by atoms with E-state index >= 15 is 0 Å². The third-order valence-electron chi connectivity index (χ3n) is 7.28. The molecule has 234 valence electrons. The highest BCUT2D eigenvalue weighted by atomic mass is 32.2. The van der Waals surface area contributed by atoms with Crippen LogP contribution in [-0.4, -0.2) is 69.8 Å². The van der Waals surface area contributed by atoms with Gasteiger partial charge < -0.3 is 9.57 Å². The molecule has 1 aliphatic heterocycles. The molecule has 3 aromatic rings. The van der Waals surface area contributed by atoms with Gasteiger partial charge in [0.1, 0.15) is 13.7 Å². The SMILES string of the molecule is C=CCOC(=O)N1C[C@@H](SC(c2ccccc2)(c2ccccc2)c2ccccc2)C[C@H]1/C(CNS(=O)(=O)NCCC)=N/OC. The lowest BCUT2D eigenvalue weighted by Gasteiger charge is -2.37. The van der Waals surface area contributed by atoms with Crippen LogP contribution in [0.2, 0.25) is 0 Å². The molecule has 1 saturated heterocycles. The van der Waals surface area contributed by atoms with Crippen LogP contribution in [0.25, 0.3) is 0 Å². The first-order chi connectivity index (χ1) is 21.3. The number of ether oxygens (including phenoxy) is 1. The van der Waals surface area contributed by atoms with Crippen LogP contribution in [0.1, 0.15) is 36.5 Å². The molecular weight excluding hydrogens is 597 g/mol. The Labute approximate surface area is 264 Å². The summed E-state index contributed by atoms with van der Waals surface area (Å²) in [5, 5.41) is 4.10. The van der Waals surface area contributed by atoms with Gasteiger partial charge >= 0.3 is 6.09 Å². The van der Waals surface area contributed by atoms with Crippen LogP contribution < -0.4 is 9.44 Å². The van der Waals surface area contributed by atoms with Gasteiger partial charge in [0.2, 0.25) is 0 Å². The zero-order valence-electron chi connectivity index (χ0n) is 25.1. The summed E-state index contributed by atoms with van der Waals surface area (Å²) in [5.74, 6) is 0. The van der Waals surface area contributed by atoms with Gasteiger partial charge in [-0.05, 0) is 29.5 Å². The van der Waals surface area contributed by atoms with Crippen LogP contribution in [-0.2, 0) is 24.5 Å². The summed E-state index contributed by atoms with van der Waals surface area (Å²) in [7, 11) is -2.38. The number of rotatable bonds is 15. The fraction of sp³-hybridized carbons (Fsp3) is 0.333. The fourth-order valence-corrected chi connectivity index (χ4v) is 8.11. The molecule has 2 N–H and O–H groups in total. The molecule has 1 aliphatic rings. The fourth-order valence-electron chi connectivity index (χ4n) is 5.37. The van der Waals surface area contributed by atoms with Crippen LogP contribution in [0.4, 0.5) is 4.79 Å². The Morgan fingerprint density at radius 2 is 1.55 bits per heavy atom. The predicted octanol–water partition coefficient (Wildman–Crippen LogP) is 5.31. The van der Waals surface area contributed by atoms with Crippen molar-refractivity contribution >= 4 is 33.8 Å². The van der Waals surface area contributed by atoms with E-state index in [1.807, 2.05) is 61.5 Å². The van der Waals surface area contributed by atoms with E-state index in [4.69, 9.17) is 9.57 Å². The van der Waals surface area contributed by atoms with Gasteiger partial charge in [-0.3, -0.25) is 4.90 Å². The molecule has 0 bridgehead atoms. The molecule has 1 heterocycles. The number of nitrogens with one attached hydrogen (secondary N) is 2. The third-order valence-corrected chi connectivity index (χ3v) is 10.1. The van der Waals surface area contributed by atoms with Gasteiger partial charge in [-0.25, -0.2) is 9.52 Å². The quantitative estimate of drug-likeness (QED) is 0.101. The van der Waals surface area contributed by atoms with Crippen LogP contribution in [0.3, 0.4) is 0 Å². The number of oxime groups is 1. The van der Waals surface area contributed by atoms with Crippen molar-refractivity contribution in [3.63, 3.8) is 0 Å². The molecule has 0 aromatic heterocycles. The molecule has 1 amide bonds. The van der Waals surface area contributed by atoms with Crippen molar-refractivity contribution < 1.29 is 22.8 Å². The summed E-state index contributed by atoms with van der Waals surface area (Å²) in [4.78, 5) is 20.1. The molecule has 0 aliphatic carbocycles. The van der Waals surface area contributed by atoms with E-state index in [0.717, 1.165) is 16.7 Å². The zero-order valence-corrected chi connectivity index (χ0v) is 26.7. The number of thioether (sulfide) groups is 1. The molecule has 3 aromatic carbocycles. The first kappa shape index (κ1) is 33.3. The van der Waals surface area contributed by atoms with Gasteiger partial charge in [0.25, 0.3) is 10.2 Å². The number of nitrogens with zero attached hydrogens (tertiary/aromatic N) is 2. The molecule has 9 nitrogen and oxygen atoms in total. The number of amides is 1. The minimum absolute atomic E-state index is 0.0478. The lowest BCUT2D eigenvalue weighted by Crippen LogP contribution is -2.47. The Hall–Kier alpha value is -3.64. The molecule has 11 heteroatoms. The highest BCUT2D eigenvalue weighted by Crippen LogP contribution is 2.52. The minimum Gasteiger partial charge on any atom is -0.445 e. The topological polar surface area (TPSA) is 109 Å². The summed E-state index contributed by atoms with van der Waals surface area (Å²) >= 11 is 1.76. The van der Waals surface area contributed by atoms with Gasteiger partial charge in [0.15, 0.2) is 0 Å². The second-order valence-corrected chi connectivity index (χ2v) is 13.4. The molecule has 0 radical (unpaired) electrons. The summed E-state index contributed by atoms with van der Waals surface area (Å²) < 4.78 is 35.0. The first-order valence-corrected chi connectivity index (χ1v) is 16.9. The van der Waals surface area contributed by atoms with Crippen molar-refractivity contribution in [1.82, 2.24) is 14.3 Å². The Kier molecular flexibility index (Phi) is 12.0. The highest BCUT2D eigenvalue weighted by molar-refractivity contribution is 8.01. The third kappa shape index (κ3) is 8.09. The lowest BCUT2D eigenvalue weighted by atomic mass is 9.84. The van der Waals surface area contributed by atoms with Crippen molar-refractivity contribution in [2.24, 2.45) is 5.16 Å². The normalized spacial score (nSPS) is 17.3. The van der Waals surface area contributed by atoms with Crippen molar-refractivity contribution in [3.8, 4) is 0 Å². The average Bonchev–Trinajstić information content (AvgIpc) is 3.48.